The normalized spacial score (nSPS) is 20.1. The molecule has 0 aromatic carbocycles. The Morgan fingerprint density at radius 3 is 3.06 bits per heavy atom. The van der Waals surface area contributed by atoms with E-state index in [9.17, 15) is 4.79 Å². The van der Waals surface area contributed by atoms with Crippen LogP contribution < -0.4 is 4.90 Å². The number of ether oxygens (including phenoxy) is 1. The Labute approximate surface area is 101 Å². The lowest BCUT2D eigenvalue weighted by Crippen LogP contribution is -2.35. The summed E-state index contributed by atoms with van der Waals surface area (Å²) in [5, 5.41) is 0. The second-order valence-electron chi connectivity index (χ2n) is 4.45. The van der Waals surface area contributed by atoms with E-state index in [2.05, 4.69) is 26.5 Å². The predicted octanol–water partition coefficient (Wildman–Crippen LogP) is 1.50. The zero-order chi connectivity index (χ0) is 12.3. The lowest BCUT2D eigenvalue weighted by Gasteiger charge is -2.31. The van der Waals surface area contributed by atoms with Crippen LogP contribution in [0.5, 0.6) is 0 Å². The molecule has 1 aliphatic heterocycles. The Bertz CT molecular complexity index is 408. The minimum atomic E-state index is -0.440. The molecule has 2 heterocycles. The molecule has 1 aliphatic rings. The molecule has 0 radical (unpaired) electrons. The quantitative estimate of drug-likeness (QED) is 0.727. The maximum Gasteiger partial charge on any atom is 0.358 e. The van der Waals surface area contributed by atoms with Crippen LogP contribution in [0.2, 0.25) is 0 Å². The van der Waals surface area contributed by atoms with E-state index in [1.807, 2.05) is 0 Å². The molecule has 0 saturated carbocycles. The Morgan fingerprint density at radius 2 is 2.35 bits per heavy atom. The van der Waals surface area contributed by atoms with E-state index in [0.717, 1.165) is 25.3 Å². The van der Waals surface area contributed by atoms with Crippen molar-refractivity contribution in [2.75, 3.05) is 25.1 Å². The Balaban J connectivity index is 2.17. The fourth-order valence-electron chi connectivity index (χ4n) is 2.11. The van der Waals surface area contributed by atoms with Crippen molar-refractivity contribution in [3.63, 3.8) is 0 Å². The van der Waals surface area contributed by atoms with Crippen LogP contribution in [-0.4, -0.2) is 36.1 Å². The molecule has 0 bridgehead atoms. The molecule has 0 amide bonds. The van der Waals surface area contributed by atoms with E-state index in [0.29, 0.717) is 5.92 Å². The molecule has 0 spiro atoms. The lowest BCUT2D eigenvalue weighted by molar-refractivity contribution is 0.0593. The van der Waals surface area contributed by atoms with Gasteiger partial charge >= 0.3 is 5.97 Å². The van der Waals surface area contributed by atoms with Crippen LogP contribution in [0.3, 0.4) is 0 Å². The van der Waals surface area contributed by atoms with Crippen molar-refractivity contribution in [1.82, 2.24) is 9.97 Å². The first-order chi connectivity index (χ1) is 8.20. The standard InChI is InChI=1S/C12H17N3O2/c1-9-4-3-5-15(8-9)11-7-13-6-10(14-11)12(16)17-2/h6-7,9H,3-5,8H2,1-2H3. The molecule has 2 rings (SSSR count). The number of methoxy groups -OCH3 is 1. The van der Waals surface area contributed by atoms with Gasteiger partial charge in [-0.3, -0.25) is 4.98 Å². The largest absolute Gasteiger partial charge is 0.464 e. The van der Waals surface area contributed by atoms with Crippen LogP contribution in [0.1, 0.15) is 30.3 Å². The Morgan fingerprint density at radius 1 is 1.53 bits per heavy atom. The molecule has 1 aromatic heterocycles. The average molecular weight is 235 g/mol. The van der Waals surface area contributed by atoms with Gasteiger partial charge in [0, 0.05) is 13.1 Å². The number of rotatable bonds is 2. The summed E-state index contributed by atoms with van der Waals surface area (Å²) < 4.78 is 4.64. The molecule has 92 valence electrons. The van der Waals surface area contributed by atoms with Gasteiger partial charge in [-0.05, 0) is 18.8 Å². The number of anilines is 1. The molecular weight excluding hydrogens is 218 g/mol. The number of nitrogens with zero attached hydrogens (tertiary/aromatic N) is 3. The summed E-state index contributed by atoms with van der Waals surface area (Å²) in [6.07, 6.45) is 5.54. The fraction of sp³-hybridized carbons (Fsp3) is 0.583. The maximum absolute atomic E-state index is 11.4. The van der Waals surface area contributed by atoms with Gasteiger partial charge in [0.1, 0.15) is 5.82 Å². The summed E-state index contributed by atoms with van der Waals surface area (Å²) in [6, 6.07) is 0. The van der Waals surface area contributed by atoms with Crippen molar-refractivity contribution in [2.45, 2.75) is 19.8 Å². The van der Waals surface area contributed by atoms with Gasteiger partial charge in [-0.1, -0.05) is 6.92 Å². The zero-order valence-electron chi connectivity index (χ0n) is 10.2. The van der Waals surface area contributed by atoms with E-state index < -0.39 is 5.97 Å². The topological polar surface area (TPSA) is 55.3 Å². The van der Waals surface area contributed by atoms with Gasteiger partial charge in [0.25, 0.3) is 0 Å². The molecule has 0 N–H and O–H groups in total. The van der Waals surface area contributed by atoms with Gasteiger partial charge in [-0.15, -0.1) is 0 Å². The molecule has 5 heteroatoms. The number of hydrogen-bond donors (Lipinski definition) is 0. The molecule has 1 saturated heterocycles. The number of aromatic nitrogens is 2. The first-order valence-electron chi connectivity index (χ1n) is 5.86. The van der Waals surface area contributed by atoms with Crippen LogP contribution in [0.15, 0.2) is 12.4 Å². The smallest absolute Gasteiger partial charge is 0.358 e. The van der Waals surface area contributed by atoms with Gasteiger partial charge in [-0.2, -0.15) is 0 Å². The van der Waals surface area contributed by atoms with Gasteiger partial charge in [0.2, 0.25) is 0 Å². The van der Waals surface area contributed by atoms with E-state index in [4.69, 9.17) is 0 Å². The number of hydrogen-bond acceptors (Lipinski definition) is 5. The van der Waals surface area contributed by atoms with Crippen LogP contribution in [0.25, 0.3) is 0 Å². The summed E-state index contributed by atoms with van der Waals surface area (Å²) in [7, 11) is 1.35. The highest BCUT2D eigenvalue weighted by atomic mass is 16.5. The summed E-state index contributed by atoms with van der Waals surface area (Å²) in [5.41, 5.74) is 0.267. The van der Waals surface area contributed by atoms with Crippen LogP contribution >= 0.6 is 0 Å². The van der Waals surface area contributed by atoms with E-state index in [-0.39, 0.29) is 5.69 Å². The van der Waals surface area contributed by atoms with Gasteiger partial charge < -0.3 is 9.64 Å². The Hall–Kier alpha value is -1.65. The third-order valence-electron chi connectivity index (χ3n) is 3.00. The van der Waals surface area contributed by atoms with Crippen LogP contribution in [-0.2, 0) is 4.74 Å². The maximum atomic E-state index is 11.4. The Kier molecular flexibility index (Phi) is 3.56. The van der Waals surface area contributed by atoms with Gasteiger partial charge in [-0.25, -0.2) is 9.78 Å². The second kappa shape index (κ2) is 5.12. The summed E-state index contributed by atoms with van der Waals surface area (Å²) in [5.74, 6) is 0.983. The summed E-state index contributed by atoms with van der Waals surface area (Å²) in [4.78, 5) is 21.9. The van der Waals surface area contributed by atoms with Crippen LogP contribution in [0.4, 0.5) is 5.82 Å². The van der Waals surface area contributed by atoms with Gasteiger partial charge in [0.15, 0.2) is 5.69 Å². The highest BCUT2D eigenvalue weighted by Gasteiger charge is 2.19. The SMILES string of the molecule is COC(=O)c1cncc(N2CCCC(C)C2)n1. The van der Waals surface area contributed by atoms with Crippen molar-refractivity contribution in [3.8, 4) is 0 Å². The number of esters is 1. The van der Waals surface area contributed by atoms with Crippen molar-refractivity contribution in [1.29, 1.82) is 0 Å². The molecule has 1 atom stereocenters. The van der Waals surface area contributed by atoms with E-state index >= 15 is 0 Å². The number of carbonyl (C=O) groups excluding carboxylic acids is 1. The molecule has 17 heavy (non-hydrogen) atoms. The van der Waals surface area contributed by atoms with Crippen molar-refractivity contribution in [2.24, 2.45) is 5.92 Å². The molecule has 1 fully saturated rings. The predicted molar refractivity (Wildman–Crippen MR) is 64.0 cm³/mol. The first kappa shape index (κ1) is 11.8. The highest BCUT2D eigenvalue weighted by molar-refractivity contribution is 5.87. The van der Waals surface area contributed by atoms with Crippen LogP contribution in [0, 0.1) is 5.92 Å². The molecule has 1 unspecified atom stereocenters. The average Bonchev–Trinajstić information content (AvgIpc) is 2.38. The molecule has 5 nitrogen and oxygen atoms in total. The van der Waals surface area contributed by atoms with Crippen molar-refractivity contribution in [3.05, 3.63) is 18.1 Å². The third-order valence-corrected chi connectivity index (χ3v) is 3.00. The zero-order valence-corrected chi connectivity index (χ0v) is 10.2. The van der Waals surface area contributed by atoms with Crippen molar-refractivity contribution >= 4 is 11.8 Å². The monoisotopic (exact) mass is 235 g/mol. The van der Waals surface area contributed by atoms with Crippen molar-refractivity contribution < 1.29 is 9.53 Å². The molecule has 0 aliphatic carbocycles. The molecular formula is C12H17N3O2. The number of carbonyl (C=O) groups is 1. The first-order valence-corrected chi connectivity index (χ1v) is 5.86. The third kappa shape index (κ3) is 2.72. The minimum absolute atomic E-state index is 0.267. The molecule has 1 aromatic rings. The minimum Gasteiger partial charge on any atom is -0.464 e. The second-order valence-corrected chi connectivity index (χ2v) is 4.45. The van der Waals surface area contributed by atoms with E-state index in [1.54, 1.807) is 6.20 Å². The summed E-state index contributed by atoms with van der Waals surface area (Å²) >= 11 is 0. The highest BCUT2D eigenvalue weighted by Crippen LogP contribution is 2.20. The fourth-order valence-corrected chi connectivity index (χ4v) is 2.11. The number of piperidine rings is 1. The van der Waals surface area contributed by atoms with E-state index in [1.165, 1.54) is 19.7 Å². The summed E-state index contributed by atoms with van der Waals surface area (Å²) in [6.45, 7) is 4.17. The van der Waals surface area contributed by atoms with Gasteiger partial charge in [0.05, 0.1) is 19.5 Å². The lowest BCUT2D eigenvalue weighted by atomic mass is 10.0.